The summed E-state index contributed by atoms with van der Waals surface area (Å²) < 4.78 is 1.52. The molecule has 3 rings (SSSR count). The summed E-state index contributed by atoms with van der Waals surface area (Å²) in [5, 5.41) is 15.7. The van der Waals surface area contributed by atoms with E-state index in [1.54, 1.807) is 6.92 Å². The van der Waals surface area contributed by atoms with E-state index in [2.05, 4.69) is 10.4 Å². The van der Waals surface area contributed by atoms with Crippen molar-refractivity contribution in [2.45, 2.75) is 31.8 Å². The molecule has 1 fully saturated rings. The molecule has 1 saturated heterocycles. The molecule has 1 aromatic rings. The number of carbonyl (C=O) groups excluding carboxylic acids is 2. The van der Waals surface area contributed by atoms with Gasteiger partial charge in [0.2, 0.25) is 0 Å². The van der Waals surface area contributed by atoms with Crippen LogP contribution in [0.2, 0.25) is 5.02 Å². The number of β-lactam (4-membered cyclic amide) rings is 1. The molecular formula is C14H15ClN4O4S. The van der Waals surface area contributed by atoms with Crippen LogP contribution in [0.25, 0.3) is 0 Å². The summed E-state index contributed by atoms with van der Waals surface area (Å²) in [6.45, 7) is 4.11. The molecule has 10 heteroatoms. The molecule has 2 amide bonds. The van der Waals surface area contributed by atoms with Gasteiger partial charge in [0.15, 0.2) is 5.69 Å². The van der Waals surface area contributed by atoms with Crippen LogP contribution < -0.4 is 5.32 Å². The van der Waals surface area contributed by atoms with Gasteiger partial charge in [0.25, 0.3) is 11.8 Å². The Balaban J connectivity index is 1.77. The second-order valence-corrected chi connectivity index (χ2v) is 6.99. The van der Waals surface area contributed by atoms with Gasteiger partial charge in [-0.05, 0) is 19.4 Å². The third kappa shape index (κ3) is 2.57. The lowest BCUT2D eigenvalue weighted by Crippen LogP contribution is -2.70. The topological polar surface area (TPSA) is 105 Å². The van der Waals surface area contributed by atoms with Crippen LogP contribution in [-0.4, -0.2) is 54.7 Å². The Morgan fingerprint density at radius 2 is 2.25 bits per heavy atom. The monoisotopic (exact) mass is 370 g/mol. The minimum absolute atomic E-state index is 0.00235. The number of fused-ring (bicyclic) bond motifs is 1. The van der Waals surface area contributed by atoms with Crippen molar-refractivity contribution in [1.82, 2.24) is 20.0 Å². The van der Waals surface area contributed by atoms with Crippen LogP contribution in [0.15, 0.2) is 17.5 Å². The van der Waals surface area contributed by atoms with Crippen molar-refractivity contribution >= 4 is 41.1 Å². The number of aryl methyl sites for hydroxylation is 1. The Bertz CT molecular complexity index is 775. The lowest BCUT2D eigenvalue weighted by molar-refractivity contribution is -0.148. The zero-order chi connectivity index (χ0) is 17.6. The summed E-state index contributed by atoms with van der Waals surface area (Å²) in [4.78, 5) is 37.2. The predicted octanol–water partition coefficient (Wildman–Crippen LogP) is 0.928. The van der Waals surface area contributed by atoms with E-state index in [1.165, 1.54) is 27.5 Å². The lowest BCUT2D eigenvalue weighted by Gasteiger charge is -2.49. The Morgan fingerprint density at radius 3 is 2.83 bits per heavy atom. The van der Waals surface area contributed by atoms with E-state index in [9.17, 15) is 19.5 Å². The van der Waals surface area contributed by atoms with E-state index in [0.29, 0.717) is 17.9 Å². The maximum atomic E-state index is 12.3. The van der Waals surface area contributed by atoms with E-state index in [-0.39, 0.29) is 16.4 Å². The van der Waals surface area contributed by atoms with Crippen molar-refractivity contribution in [3.63, 3.8) is 0 Å². The molecule has 3 heterocycles. The van der Waals surface area contributed by atoms with Gasteiger partial charge in [0, 0.05) is 18.5 Å². The van der Waals surface area contributed by atoms with Gasteiger partial charge in [-0.3, -0.25) is 19.2 Å². The number of carboxylic acids is 1. The normalized spacial score (nSPS) is 23.0. The van der Waals surface area contributed by atoms with Gasteiger partial charge in [-0.15, -0.1) is 11.8 Å². The molecule has 2 N–H and O–H groups in total. The second-order valence-electron chi connectivity index (χ2n) is 5.48. The average molecular weight is 371 g/mol. The fraction of sp³-hybridized carbons (Fsp3) is 0.429. The highest BCUT2D eigenvalue weighted by atomic mass is 35.5. The number of carboxylic acid groups (broad SMARTS) is 1. The fourth-order valence-electron chi connectivity index (χ4n) is 2.70. The zero-order valence-electron chi connectivity index (χ0n) is 12.9. The molecule has 0 radical (unpaired) electrons. The minimum atomic E-state index is -1.14. The van der Waals surface area contributed by atoms with E-state index in [0.717, 1.165) is 0 Å². The molecule has 0 aromatic carbocycles. The Hall–Kier alpha value is -2.00. The van der Waals surface area contributed by atoms with Crippen molar-refractivity contribution in [3.8, 4) is 0 Å². The van der Waals surface area contributed by atoms with Gasteiger partial charge in [-0.25, -0.2) is 4.79 Å². The van der Waals surface area contributed by atoms with Crippen molar-refractivity contribution < 1.29 is 19.5 Å². The first kappa shape index (κ1) is 16.8. The molecule has 0 saturated carbocycles. The first-order valence-corrected chi connectivity index (χ1v) is 8.69. The number of nitrogens with one attached hydrogen (secondary N) is 1. The summed E-state index contributed by atoms with van der Waals surface area (Å²) in [6.07, 6.45) is 1.54. The van der Waals surface area contributed by atoms with Crippen LogP contribution in [0, 0.1) is 0 Å². The van der Waals surface area contributed by atoms with Crippen LogP contribution in [0.3, 0.4) is 0 Å². The fourth-order valence-corrected chi connectivity index (χ4v) is 4.23. The molecule has 24 heavy (non-hydrogen) atoms. The summed E-state index contributed by atoms with van der Waals surface area (Å²) in [5.41, 5.74) is 0.685. The first-order chi connectivity index (χ1) is 11.3. The Morgan fingerprint density at radius 1 is 1.54 bits per heavy atom. The molecule has 0 unspecified atom stereocenters. The molecular weight excluding hydrogens is 356 g/mol. The third-order valence-electron chi connectivity index (χ3n) is 3.90. The third-order valence-corrected chi connectivity index (χ3v) is 5.60. The highest BCUT2D eigenvalue weighted by Gasteiger charge is 2.53. The Labute approximate surface area is 146 Å². The molecule has 0 aliphatic carbocycles. The zero-order valence-corrected chi connectivity index (χ0v) is 14.5. The molecule has 2 aliphatic heterocycles. The summed E-state index contributed by atoms with van der Waals surface area (Å²) >= 11 is 7.41. The van der Waals surface area contributed by atoms with Crippen LogP contribution in [0.4, 0.5) is 0 Å². The number of halogens is 1. The van der Waals surface area contributed by atoms with Crippen molar-refractivity contribution in [1.29, 1.82) is 0 Å². The number of amides is 2. The van der Waals surface area contributed by atoms with Crippen LogP contribution in [0.1, 0.15) is 24.3 Å². The lowest BCUT2D eigenvalue weighted by atomic mass is 10.0. The van der Waals surface area contributed by atoms with Crippen molar-refractivity contribution in [2.75, 3.05) is 5.75 Å². The quantitative estimate of drug-likeness (QED) is 0.764. The minimum Gasteiger partial charge on any atom is -0.477 e. The van der Waals surface area contributed by atoms with E-state index in [1.807, 2.05) is 6.92 Å². The van der Waals surface area contributed by atoms with Gasteiger partial charge in [0.05, 0.1) is 5.02 Å². The molecule has 8 nitrogen and oxygen atoms in total. The number of thioether (sulfide) groups is 1. The molecule has 0 spiro atoms. The van der Waals surface area contributed by atoms with Gasteiger partial charge >= 0.3 is 5.97 Å². The smallest absolute Gasteiger partial charge is 0.352 e. The molecule has 128 valence electrons. The van der Waals surface area contributed by atoms with E-state index in [4.69, 9.17) is 11.6 Å². The number of hydrogen-bond donors (Lipinski definition) is 2. The SMILES string of the molecule is CCn1cc(Cl)c(C(=O)N[C@@H]2C(=O)N3C(C(=O)O)=C(C)CS[C@H]23)n1. The number of carbonyl (C=O) groups is 3. The van der Waals surface area contributed by atoms with Crippen LogP contribution >= 0.6 is 23.4 Å². The van der Waals surface area contributed by atoms with Gasteiger partial charge in [-0.2, -0.15) is 5.10 Å². The summed E-state index contributed by atoms with van der Waals surface area (Å²) in [5.74, 6) is -1.63. The second kappa shape index (κ2) is 6.14. The highest BCUT2D eigenvalue weighted by Crippen LogP contribution is 2.40. The molecule has 1 aromatic heterocycles. The van der Waals surface area contributed by atoms with Crippen LogP contribution in [0.5, 0.6) is 0 Å². The van der Waals surface area contributed by atoms with E-state index >= 15 is 0 Å². The number of rotatable bonds is 4. The summed E-state index contributed by atoms with van der Waals surface area (Å²) in [7, 11) is 0. The summed E-state index contributed by atoms with van der Waals surface area (Å²) in [6, 6.07) is -0.784. The van der Waals surface area contributed by atoms with Crippen molar-refractivity contribution in [3.05, 3.63) is 28.2 Å². The number of aliphatic carboxylic acids is 1. The maximum absolute atomic E-state index is 12.3. The van der Waals surface area contributed by atoms with Crippen LogP contribution in [-0.2, 0) is 16.1 Å². The predicted molar refractivity (Wildman–Crippen MR) is 87.6 cm³/mol. The van der Waals surface area contributed by atoms with Gasteiger partial charge in [0.1, 0.15) is 17.1 Å². The molecule has 0 bridgehead atoms. The maximum Gasteiger partial charge on any atom is 0.352 e. The standard InChI is InChI=1S/C14H15ClN4O4S/c1-3-18-4-7(15)8(17-18)11(20)16-9-12(21)19-10(14(22)23)6(2)5-24-13(9)19/h4,9,13H,3,5H2,1-2H3,(H,16,20)(H,22,23)/t9-,13-/m1/s1. The Kier molecular flexibility index (Phi) is 4.31. The van der Waals surface area contributed by atoms with Crippen molar-refractivity contribution in [2.24, 2.45) is 0 Å². The number of hydrogen-bond acceptors (Lipinski definition) is 5. The first-order valence-electron chi connectivity index (χ1n) is 7.26. The molecule has 2 atom stereocenters. The highest BCUT2D eigenvalue weighted by molar-refractivity contribution is 8.00. The largest absolute Gasteiger partial charge is 0.477 e. The van der Waals surface area contributed by atoms with Gasteiger partial charge < -0.3 is 10.4 Å². The average Bonchev–Trinajstić information content (AvgIpc) is 2.93. The van der Waals surface area contributed by atoms with E-state index < -0.39 is 29.2 Å². The molecule has 2 aliphatic rings. The number of nitrogens with zero attached hydrogens (tertiary/aromatic N) is 3. The van der Waals surface area contributed by atoms with Gasteiger partial charge in [-0.1, -0.05) is 11.6 Å². The number of aromatic nitrogens is 2.